The molecule has 172 valence electrons. The Kier molecular flexibility index (Phi) is 6.44. The van der Waals surface area contributed by atoms with Crippen LogP contribution in [0.5, 0.6) is 0 Å². The Morgan fingerprint density at radius 1 is 0.970 bits per heavy atom. The Hall–Kier alpha value is -3.30. The Bertz CT molecular complexity index is 1280. The highest BCUT2D eigenvalue weighted by Crippen LogP contribution is 2.21. The van der Waals surface area contributed by atoms with Crippen LogP contribution in [-0.2, 0) is 10.0 Å². The number of hydrogen-bond acceptors (Lipinski definition) is 4. The minimum Gasteiger partial charge on any atom is -0.336 e. The van der Waals surface area contributed by atoms with Crippen LogP contribution >= 0.6 is 0 Å². The van der Waals surface area contributed by atoms with Crippen LogP contribution in [0, 0.1) is 19.7 Å². The molecule has 0 unspecified atom stereocenters. The molecule has 1 fully saturated rings. The second kappa shape index (κ2) is 9.29. The summed E-state index contributed by atoms with van der Waals surface area (Å²) in [6.07, 6.45) is 1.57. The molecule has 1 saturated heterocycles. The molecule has 1 aromatic heterocycles. The van der Waals surface area contributed by atoms with Crippen LogP contribution in [0.25, 0.3) is 11.8 Å². The number of sulfonamides is 1. The summed E-state index contributed by atoms with van der Waals surface area (Å²) in [7, 11) is -3.58. The average Bonchev–Trinajstić information content (AvgIpc) is 3.12. The summed E-state index contributed by atoms with van der Waals surface area (Å²) in [5, 5.41) is 5.67. The van der Waals surface area contributed by atoms with Crippen molar-refractivity contribution >= 4 is 22.0 Å². The Morgan fingerprint density at radius 2 is 1.61 bits per heavy atom. The molecule has 0 aliphatic carbocycles. The summed E-state index contributed by atoms with van der Waals surface area (Å²) in [6.45, 7) is 4.57. The summed E-state index contributed by atoms with van der Waals surface area (Å²) in [5.41, 5.74) is 3.18. The smallest absolute Gasteiger partial charge is 0.257 e. The van der Waals surface area contributed by atoms with E-state index in [2.05, 4.69) is 5.10 Å². The van der Waals surface area contributed by atoms with Crippen molar-refractivity contribution in [2.24, 2.45) is 0 Å². The molecule has 0 spiro atoms. The van der Waals surface area contributed by atoms with Crippen molar-refractivity contribution in [3.8, 4) is 5.69 Å². The zero-order chi connectivity index (χ0) is 23.6. The first-order valence-corrected chi connectivity index (χ1v) is 12.1. The van der Waals surface area contributed by atoms with E-state index < -0.39 is 10.0 Å². The fourth-order valence-electron chi connectivity index (χ4n) is 3.90. The van der Waals surface area contributed by atoms with Crippen molar-refractivity contribution in [3.05, 3.63) is 88.3 Å². The second-order valence-electron chi connectivity index (χ2n) is 7.88. The Morgan fingerprint density at radius 3 is 2.24 bits per heavy atom. The van der Waals surface area contributed by atoms with Crippen LogP contribution in [0.2, 0.25) is 0 Å². The van der Waals surface area contributed by atoms with E-state index in [1.807, 2.05) is 30.3 Å². The number of piperazine rings is 1. The monoisotopic (exact) mass is 468 g/mol. The predicted octanol–water partition coefficient (Wildman–Crippen LogP) is 3.39. The molecule has 0 bridgehead atoms. The number of aryl methyl sites for hydroxylation is 1. The molecule has 2 aromatic carbocycles. The van der Waals surface area contributed by atoms with Crippen molar-refractivity contribution < 1.29 is 17.6 Å². The number of rotatable bonds is 5. The molecule has 0 radical (unpaired) electrons. The van der Waals surface area contributed by atoms with Gasteiger partial charge in [0, 0.05) is 31.6 Å². The lowest BCUT2D eigenvalue weighted by atomic mass is 10.1. The number of halogens is 1. The lowest BCUT2D eigenvalue weighted by Crippen LogP contribution is -2.50. The normalized spacial score (nSPS) is 15.3. The quantitative estimate of drug-likeness (QED) is 0.575. The van der Waals surface area contributed by atoms with Crippen molar-refractivity contribution in [2.75, 3.05) is 26.2 Å². The summed E-state index contributed by atoms with van der Waals surface area (Å²) in [4.78, 5) is 14.9. The maximum absolute atomic E-state index is 13.3. The van der Waals surface area contributed by atoms with Crippen LogP contribution in [0.1, 0.15) is 27.3 Å². The van der Waals surface area contributed by atoms with Gasteiger partial charge in [-0.05, 0) is 49.8 Å². The third-order valence-electron chi connectivity index (χ3n) is 5.69. The fraction of sp³-hybridized carbons (Fsp3) is 0.250. The van der Waals surface area contributed by atoms with Crippen molar-refractivity contribution in [1.82, 2.24) is 19.0 Å². The summed E-state index contributed by atoms with van der Waals surface area (Å²) < 4.78 is 41.7. The van der Waals surface area contributed by atoms with Gasteiger partial charge in [0.2, 0.25) is 10.0 Å². The minimum absolute atomic E-state index is 0.185. The van der Waals surface area contributed by atoms with Gasteiger partial charge in [-0.1, -0.05) is 30.3 Å². The molecule has 4 rings (SSSR count). The minimum atomic E-state index is -3.58. The third kappa shape index (κ3) is 4.89. The van der Waals surface area contributed by atoms with Crippen molar-refractivity contribution in [2.45, 2.75) is 13.8 Å². The lowest BCUT2D eigenvalue weighted by molar-refractivity contribution is 0.0697. The lowest BCUT2D eigenvalue weighted by Gasteiger charge is -2.33. The van der Waals surface area contributed by atoms with E-state index in [-0.39, 0.29) is 37.9 Å². The maximum Gasteiger partial charge on any atom is 0.257 e. The van der Waals surface area contributed by atoms with E-state index >= 15 is 0 Å². The number of carbonyl (C=O) groups is 1. The fourth-order valence-corrected chi connectivity index (χ4v) is 5.08. The van der Waals surface area contributed by atoms with E-state index in [0.29, 0.717) is 22.6 Å². The van der Waals surface area contributed by atoms with Gasteiger partial charge in [0.1, 0.15) is 5.82 Å². The number of nitrogens with zero attached hydrogens (tertiary/aromatic N) is 4. The van der Waals surface area contributed by atoms with Gasteiger partial charge < -0.3 is 4.90 Å². The van der Waals surface area contributed by atoms with E-state index in [4.69, 9.17) is 0 Å². The largest absolute Gasteiger partial charge is 0.336 e. The highest BCUT2D eigenvalue weighted by atomic mass is 32.2. The van der Waals surface area contributed by atoms with Gasteiger partial charge >= 0.3 is 0 Å². The van der Waals surface area contributed by atoms with Gasteiger partial charge in [0.05, 0.1) is 22.6 Å². The Balaban J connectivity index is 1.45. The zero-order valence-corrected chi connectivity index (χ0v) is 19.3. The summed E-state index contributed by atoms with van der Waals surface area (Å²) in [5.74, 6) is -0.529. The first-order chi connectivity index (χ1) is 15.8. The molecule has 2 heterocycles. The van der Waals surface area contributed by atoms with Crippen LogP contribution in [-0.4, -0.2) is 59.5 Å². The van der Waals surface area contributed by atoms with Crippen LogP contribution in [0.3, 0.4) is 0 Å². The molecule has 0 N–H and O–H groups in total. The van der Waals surface area contributed by atoms with E-state index in [1.54, 1.807) is 41.6 Å². The second-order valence-corrected chi connectivity index (χ2v) is 9.70. The number of hydrogen-bond donors (Lipinski definition) is 0. The number of benzene rings is 2. The first-order valence-electron chi connectivity index (χ1n) is 10.6. The molecule has 7 nitrogen and oxygen atoms in total. The molecule has 1 aliphatic rings. The predicted molar refractivity (Wildman–Crippen MR) is 125 cm³/mol. The van der Waals surface area contributed by atoms with Gasteiger partial charge in [-0.15, -0.1) is 0 Å². The average molecular weight is 469 g/mol. The van der Waals surface area contributed by atoms with E-state index in [1.165, 1.54) is 21.8 Å². The van der Waals surface area contributed by atoms with E-state index in [9.17, 15) is 17.6 Å². The first kappa shape index (κ1) is 22.9. The van der Waals surface area contributed by atoms with Crippen LogP contribution in [0.4, 0.5) is 4.39 Å². The highest BCUT2D eigenvalue weighted by Gasteiger charge is 2.30. The molecule has 33 heavy (non-hydrogen) atoms. The molecular weight excluding hydrogens is 443 g/mol. The van der Waals surface area contributed by atoms with Crippen LogP contribution < -0.4 is 0 Å². The van der Waals surface area contributed by atoms with Crippen LogP contribution in [0.15, 0.2) is 60.0 Å². The number of aromatic nitrogens is 2. The van der Waals surface area contributed by atoms with Crippen molar-refractivity contribution in [1.29, 1.82) is 0 Å². The summed E-state index contributed by atoms with van der Waals surface area (Å²) in [6, 6.07) is 15.1. The number of carbonyl (C=O) groups excluding carboxylic acids is 1. The zero-order valence-electron chi connectivity index (χ0n) is 18.5. The molecule has 1 aliphatic heterocycles. The van der Waals surface area contributed by atoms with Gasteiger partial charge in [-0.3, -0.25) is 4.79 Å². The third-order valence-corrected chi connectivity index (χ3v) is 7.26. The Labute approximate surface area is 192 Å². The summed E-state index contributed by atoms with van der Waals surface area (Å²) >= 11 is 0. The molecule has 0 saturated carbocycles. The highest BCUT2D eigenvalue weighted by molar-refractivity contribution is 7.92. The molecule has 0 atom stereocenters. The standard InChI is InChI=1S/C24H25FN4O3S/c1-18-23(19(2)29(26-18)22-10-8-21(25)9-11-22)24(30)27-13-15-28(16-14-27)33(31,32)17-12-20-6-4-3-5-7-20/h3-12,17H,13-16H2,1-2H3/b17-12+. The maximum atomic E-state index is 13.3. The van der Waals surface area contributed by atoms with Gasteiger partial charge in [-0.2, -0.15) is 9.40 Å². The van der Waals surface area contributed by atoms with Gasteiger partial charge in [0.25, 0.3) is 5.91 Å². The molecule has 1 amide bonds. The van der Waals surface area contributed by atoms with Gasteiger partial charge in [0.15, 0.2) is 0 Å². The molecule has 3 aromatic rings. The SMILES string of the molecule is Cc1nn(-c2ccc(F)cc2)c(C)c1C(=O)N1CCN(S(=O)(=O)/C=C/c2ccccc2)CC1. The molecular formula is C24H25FN4O3S. The van der Waals surface area contributed by atoms with Gasteiger partial charge in [-0.25, -0.2) is 17.5 Å². The van der Waals surface area contributed by atoms with E-state index in [0.717, 1.165) is 5.56 Å². The topological polar surface area (TPSA) is 75.5 Å². The molecule has 9 heteroatoms. The number of amides is 1. The van der Waals surface area contributed by atoms with Crippen molar-refractivity contribution in [3.63, 3.8) is 0 Å².